The Kier molecular flexibility index (Phi) is 6.87. The van der Waals surface area contributed by atoms with Crippen LogP contribution in [0.15, 0.2) is 54.6 Å². The maximum absolute atomic E-state index is 11.7. The fourth-order valence-electron chi connectivity index (χ4n) is 1.99. The molecule has 0 unspecified atom stereocenters. The van der Waals surface area contributed by atoms with Crippen molar-refractivity contribution >= 4 is 35.2 Å². The molecule has 0 aromatic heterocycles. The molecule has 0 saturated carbocycles. The van der Waals surface area contributed by atoms with E-state index in [1.54, 1.807) is 30.3 Å². The molecule has 0 fully saturated rings. The number of halogens is 1. The van der Waals surface area contributed by atoms with Crippen molar-refractivity contribution in [1.82, 2.24) is 5.32 Å². The van der Waals surface area contributed by atoms with Gasteiger partial charge in [-0.1, -0.05) is 35.9 Å². The summed E-state index contributed by atoms with van der Waals surface area (Å²) in [7, 11) is 0. The van der Waals surface area contributed by atoms with Crippen molar-refractivity contribution in [3.63, 3.8) is 0 Å². The van der Waals surface area contributed by atoms with Gasteiger partial charge in [0.2, 0.25) is 0 Å². The Hall–Kier alpha value is -3.19. The number of nitrogens with one attached hydrogen (secondary N) is 1. The number of esters is 1. The molecular formula is C18H15ClN2O5. The van der Waals surface area contributed by atoms with Gasteiger partial charge >= 0.3 is 5.97 Å². The zero-order chi connectivity index (χ0) is 18.9. The highest BCUT2D eigenvalue weighted by atomic mass is 35.5. The van der Waals surface area contributed by atoms with Crippen LogP contribution >= 0.6 is 11.6 Å². The summed E-state index contributed by atoms with van der Waals surface area (Å²) in [6.07, 6.45) is 2.31. The van der Waals surface area contributed by atoms with Crippen molar-refractivity contribution < 1.29 is 19.2 Å². The molecule has 8 heteroatoms. The third-order valence-corrected chi connectivity index (χ3v) is 3.53. The van der Waals surface area contributed by atoms with Crippen LogP contribution in [-0.4, -0.2) is 23.4 Å². The monoisotopic (exact) mass is 374 g/mol. The van der Waals surface area contributed by atoms with Gasteiger partial charge in [0.15, 0.2) is 6.61 Å². The summed E-state index contributed by atoms with van der Waals surface area (Å²) in [6, 6.07) is 12.9. The van der Waals surface area contributed by atoms with E-state index < -0.39 is 23.4 Å². The average Bonchev–Trinajstić information content (AvgIpc) is 2.64. The molecule has 0 aliphatic carbocycles. The lowest BCUT2D eigenvalue weighted by Gasteiger charge is -2.05. The number of amides is 1. The molecule has 0 saturated heterocycles. The number of nitrogens with zero attached hydrogens (tertiary/aromatic N) is 1. The second-order valence-corrected chi connectivity index (χ2v) is 5.60. The number of nitro benzene ring substituents is 1. The molecule has 7 nitrogen and oxygen atoms in total. The molecule has 2 rings (SSSR count). The summed E-state index contributed by atoms with van der Waals surface area (Å²) in [5.74, 6) is -1.24. The fraction of sp³-hybridized carbons (Fsp3) is 0.111. The topological polar surface area (TPSA) is 98.5 Å². The van der Waals surface area contributed by atoms with Crippen molar-refractivity contribution in [2.45, 2.75) is 6.54 Å². The van der Waals surface area contributed by atoms with Gasteiger partial charge in [-0.3, -0.25) is 14.9 Å². The smallest absolute Gasteiger partial charge is 0.331 e. The van der Waals surface area contributed by atoms with Crippen LogP contribution in [0.5, 0.6) is 0 Å². The number of carbonyl (C=O) groups excluding carboxylic acids is 2. The van der Waals surface area contributed by atoms with E-state index >= 15 is 0 Å². The summed E-state index contributed by atoms with van der Waals surface area (Å²) >= 11 is 5.77. The zero-order valence-electron chi connectivity index (χ0n) is 13.6. The van der Waals surface area contributed by atoms with E-state index in [1.807, 2.05) is 0 Å². The molecule has 2 aromatic carbocycles. The van der Waals surface area contributed by atoms with Crippen molar-refractivity contribution in [3.8, 4) is 0 Å². The molecule has 0 aliphatic rings. The fourth-order valence-corrected chi connectivity index (χ4v) is 2.12. The molecule has 0 aliphatic heterocycles. The Labute approximate surface area is 154 Å². The molecular weight excluding hydrogens is 360 g/mol. The predicted molar refractivity (Wildman–Crippen MR) is 96.4 cm³/mol. The molecule has 0 heterocycles. The number of para-hydroxylation sites is 1. The number of hydrogen-bond acceptors (Lipinski definition) is 5. The first-order chi connectivity index (χ1) is 12.5. The Morgan fingerprint density at radius 2 is 1.85 bits per heavy atom. The number of benzene rings is 2. The van der Waals surface area contributed by atoms with Crippen LogP contribution in [0, 0.1) is 10.1 Å². The van der Waals surface area contributed by atoms with E-state index in [9.17, 15) is 19.7 Å². The summed E-state index contributed by atoms with van der Waals surface area (Å²) in [5, 5.41) is 14.1. The summed E-state index contributed by atoms with van der Waals surface area (Å²) < 4.78 is 4.80. The van der Waals surface area contributed by atoms with Gasteiger partial charge in [-0.15, -0.1) is 0 Å². The Balaban J connectivity index is 1.80. The number of ether oxygens (including phenoxy) is 1. The van der Waals surface area contributed by atoms with Gasteiger partial charge in [0.1, 0.15) is 0 Å². The quantitative estimate of drug-likeness (QED) is 0.347. The Morgan fingerprint density at radius 1 is 1.15 bits per heavy atom. The van der Waals surface area contributed by atoms with Crippen LogP contribution in [0.2, 0.25) is 5.02 Å². The first-order valence-corrected chi connectivity index (χ1v) is 7.93. The third-order valence-electron chi connectivity index (χ3n) is 3.28. The lowest BCUT2D eigenvalue weighted by molar-refractivity contribution is -0.385. The maximum Gasteiger partial charge on any atom is 0.331 e. The highest BCUT2D eigenvalue weighted by Gasteiger charge is 2.10. The summed E-state index contributed by atoms with van der Waals surface area (Å²) in [5.41, 5.74) is 0.990. The van der Waals surface area contributed by atoms with E-state index in [-0.39, 0.29) is 17.8 Å². The molecule has 134 valence electrons. The SMILES string of the molecule is O=C(COC(=O)C=Cc1ccccc1[N+](=O)[O-])NCc1ccc(Cl)cc1. The summed E-state index contributed by atoms with van der Waals surface area (Å²) in [6.45, 7) is -0.173. The van der Waals surface area contributed by atoms with Gasteiger partial charge in [0.25, 0.3) is 11.6 Å². The number of carbonyl (C=O) groups is 2. The highest BCUT2D eigenvalue weighted by Crippen LogP contribution is 2.18. The van der Waals surface area contributed by atoms with E-state index in [0.29, 0.717) is 5.02 Å². The third kappa shape index (κ3) is 6.03. The second-order valence-electron chi connectivity index (χ2n) is 5.16. The predicted octanol–water partition coefficient (Wildman–Crippen LogP) is 3.12. The number of hydrogen-bond donors (Lipinski definition) is 1. The first-order valence-electron chi connectivity index (χ1n) is 7.55. The van der Waals surface area contributed by atoms with Gasteiger partial charge in [-0.25, -0.2) is 4.79 Å². The van der Waals surface area contributed by atoms with Crippen molar-refractivity contribution in [3.05, 3.63) is 80.9 Å². The Morgan fingerprint density at radius 3 is 2.54 bits per heavy atom. The standard InChI is InChI=1S/C18H15ClN2O5/c19-15-8-5-13(6-9-15)11-20-17(22)12-26-18(23)10-7-14-3-1-2-4-16(14)21(24)25/h1-10H,11-12H2,(H,20,22). The van der Waals surface area contributed by atoms with E-state index in [0.717, 1.165) is 11.6 Å². The van der Waals surface area contributed by atoms with Gasteiger partial charge in [-0.05, 0) is 29.8 Å². The zero-order valence-corrected chi connectivity index (χ0v) is 14.3. The minimum atomic E-state index is -0.773. The molecule has 0 spiro atoms. The van der Waals surface area contributed by atoms with Gasteiger partial charge < -0.3 is 10.1 Å². The molecule has 1 N–H and O–H groups in total. The molecule has 0 radical (unpaired) electrons. The molecule has 2 aromatic rings. The van der Waals surface area contributed by atoms with Crippen molar-refractivity contribution in [1.29, 1.82) is 0 Å². The van der Waals surface area contributed by atoms with Crippen molar-refractivity contribution in [2.24, 2.45) is 0 Å². The summed E-state index contributed by atoms with van der Waals surface area (Å²) in [4.78, 5) is 33.7. The minimum Gasteiger partial charge on any atom is -0.452 e. The first kappa shape index (κ1) is 19.1. The lowest BCUT2D eigenvalue weighted by atomic mass is 10.1. The molecule has 1 amide bonds. The lowest BCUT2D eigenvalue weighted by Crippen LogP contribution is -2.28. The molecule has 0 atom stereocenters. The Bertz CT molecular complexity index is 834. The van der Waals surface area contributed by atoms with Crippen LogP contribution in [0.1, 0.15) is 11.1 Å². The normalized spacial score (nSPS) is 10.5. The van der Waals surface area contributed by atoms with Crippen LogP contribution in [0.3, 0.4) is 0 Å². The van der Waals surface area contributed by atoms with Crippen LogP contribution in [-0.2, 0) is 20.9 Å². The van der Waals surface area contributed by atoms with Crippen LogP contribution < -0.4 is 5.32 Å². The van der Waals surface area contributed by atoms with Crippen LogP contribution in [0.25, 0.3) is 6.08 Å². The molecule has 0 bridgehead atoms. The van der Waals surface area contributed by atoms with E-state index in [1.165, 1.54) is 24.3 Å². The van der Waals surface area contributed by atoms with E-state index in [2.05, 4.69) is 5.32 Å². The van der Waals surface area contributed by atoms with Crippen molar-refractivity contribution in [2.75, 3.05) is 6.61 Å². The largest absolute Gasteiger partial charge is 0.452 e. The highest BCUT2D eigenvalue weighted by molar-refractivity contribution is 6.30. The maximum atomic E-state index is 11.7. The van der Waals surface area contributed by atoms with Crippen LogP contribution in [0.4, 0.5) is 5.69 Å². The van der Waals surface area contributed by atoms with Gasteiger partial charge in [0, 0.05) is 23.7 Å². The second kappa shape index (κ2) is 9.33. The number of rotatable bonds is 7. The number of nitro groups is 1. The van der Waals surface area contributed by atoms with Gasteiger partial charge in [0.05, 0.1) is 10.5 Å². The average molecular weight is 375 g/mol. The molecule has 26 heavy (non-hydrogen) atoms. The minimum absolute atomic E-state index is 0.128. The van der Waals surface area contributed by atoms with Gasteiger partial charge in [-0.2, -0.15) is 0 Å². The van der Waals surface area contributed by atoms with E-state index in [4.69, 9.17) is 16.3 Å².